The number of carbonyl (C=O) groups is 1. The first-order valence-electron chi connectivity index (χ1n) is 6.54. The molecule has 9 heteroatoms. The minimum atomic E-state index is -0.270. The lowest BCUT2D eigenvalue weighted by Crippen LogP contribution is -2.24. The molecule has 0 bridgehead atoms. The Morgan fingerprint density at radius 3 is 2.91 bits per heavy atom. The zero-order chi connectivity index (χ0) is 15.5. The van der Waals surface area contributed by atoms with Gasteiger partial charge in [-0.1, -0.05) is 5.16 Å². The highest BCUT2D eigenvalue weighted by molar-refractivity contribution is 5.95. The monoisotopic (exact) mass is 299 g/mol. The first-order valence-corrected chi connectivity index (χ1v) is 6.54. The van der Waals surface area contributed by atoms with Crippen molar-refractivity contribution in [1.82, 2.24) is 35.6 Å². The summed E-state index contributed by atoms with van der Waals surface area (Å²) in [6.07, 6.45) is 4.70. The Bertz CT molecular complexity index is 774. The van der Waals surface area contributed by atoms with Crippen molar-refractivity contribution in [3.63, 3.8) is 0 Å². The van der Waals surface area contributed by atoms with Gasteiger partial charge in [-0.2, -0.15) is 5.10 Å². The van der Waals surface area contributed by atoms with Crippen molar-refractivity contribution in [3.8, 4) is 11.5 Å². The van der Waals surface area contributed by atoms with Crippen molar-refractivity contribution in [2.75, 3.05) is 0 Å². The molecule has 0 atom stereocenters. The number of nitrogens with one attached hydrogen (secondary N) is 2. The van der Waals surface area contributed by atoms with E-state index in [0.29, 0.717) is 34.4 Å². The first kappa shape index (κ1) is 13.9. The zero-order valence-corrected chi connectivity index (χ0v) is 12.0. The van der Waals surface area contributed by atoms with E-state index in [0.717, 1.165) is 0 Å². The summed E-state index contributed by atoms with van der Waals surface area (Å²) in [5.41, 5.74) is 1.54. The largest absolute Gasteiger partial charge is 0.361 e. The van der Waals surface area contributed by atoms with E-state index in [1.54, 1.807) is 32.4 Å². The highest BCUT2D eigenvalue weighted by atomic mass is 16.5. The molecule has 3 rings (SSSR count). The van der Waals surface area contributed by atoms with Gasteiger partial charge in [-0.3, -0.25) is 14.9 Å². The number of rotatable bonds is 4. The van der Waals surface area contributed by atoms with E-state index in [9.17, 15) is 4.79 Å². The molecule has 0 fully saturated rings. The van der Waals surface area contributed by atoms with Crippen LogP contribution in [-0.2, 0) is 6.54 Å². The Balaban J connectivity index is 1.68. The lowest BCUT2D eigenvalue weighted by Gasteiger charge is -2.01. The number of hydrogen-bond donors (Lipinski definition) is 2. The molecule has 0 aliphatic heterocycles. The Kier molecular flexibility index (Phi) is 3.60. The second kappa shape index (κ2) is 5.72. The second-order valence-corrected chi connectivity index (χ2v) is 4.58. The maximum atomic E-state index is 12.1. The van der Waals surface area contributed by atoms with Gasteiger partial charge in [-0.25, -0.2) is 9.97 Å². The van der Waals surface area contributed by atoms with Crippen molar-refractivity contribution >= 4 is 5.91 Å². The average molecular weight is 299 g/mol. The number of aryl methyl sites for hydroxylation is 2. The summed E-state index contributed by atoms with van der Waals surface area (Å²) in [5, 5.41) is 13.3. The van der Waals surface area contributed by atoms with Gasteiger partial charge in [0.15, 0.2) is 0 Å². The molecular formula is C13H13N7O2. The molecule has 2 N–H and O–H groups in total. The fraction of sp³-hybridized carbons (Fsp3) is 0.231. The number of nitrogens with zero attached hydrogens (tertiary/aromatic N) is 5. The molecule has 0 aliphatic rings. The SMILES string of the molecule is Cc1noc(C)c1C(=O)NCc1nc(-c2cnccn2)n[nH]1. The summed E-state index contributed by atoms with van der Waals surface area (Å²) in [7, 11) is 0. The van der Waals surface area contributed by atoms with Crippen LogP contribution in [0.4, 0.5) is 0 Å². The predicted molar refractivity (Wildman–Crippen MR) is 74.6 cm³/mol. The minimum Gasteiger partial charge on any atom is -0.361 e. The van der Waals surface area contributed by atoms with Crippen molar-refractivity contribution in [1.29, 1.82) is 0 Å². The Morgan fingerprint density at radius 2 is 2.23 bits per heavy atom. The van der Waals surface area contributed by atoms with E-state index < -0.39 is 0 Å². The molecule has 0 radical (unpaired) electrons. The molecule has 0 unspecified atom stereocenters. The second-order valence-electron chi connectivity index (χ2n) is 4.58. The molecule has 0 aliphatic carbocycles. The third-order valence-corrected chi connectivity index (χ3v) is 3.00. The molecule has 0 aromatic carbocycles. The molecule has 0 saturated heterocycles. The molecule has 3 aromatic heterocycles. The number of aromatic nitrogens is 6. The highest BCUT2D eigenvalue weighted by Gasteiger charge is 2.17. The number of carbonyl (C=O) groups excluding carboxylic acids is 1. The smallest absolute Gasteiger partial charge is 0.257 e. The fourth-order valence-electron chi connectivity index (χ4n) is 1.96. The van der Waals surface area contributed by atoms with Crippen LogP contribution in [0.15, 0.2) is 23.1 Å². The van der Waals surface area contributed by atoms with E-state index in [4.69, 9.17) is 4.52 Å². The number of amides is 1. The highest BCUT2D eigenvalue weighted by Crippen LogP contribution is 2.12. The van der Waals surface area contributed by atoms with Crippen LogP contribution in [0.3, 0.4) is 0 Å². The molecule has 9 nitrogen and oxygen atoms in total. The lowest BCUT2D eigenvalue weighted by molar-refractivity contribution is 0.0948. The van der Waals surface area contributed by atoms with Gasteiger partial charge in [0.2, 0.25) is 5.82 Å². The molecule has 0 spiro atoms. The van der Waals surface area contributed by atoms with Gasteiger partial charge in [0.05, 0.1) is 18.4 Å². The molecule has 3 heterocycles. The molecular weight excluding hydrogens is 286 g/mol. The van der Waals surface area contributed by atoms with Crippen LogP contribution in [0.1, 0.15) is 27.6 Å². The van der Waals surface area contributed by atoms with Gasteiger partial charge in [-0.05, 0) is 13.8 Å². The molecule has 22 heavy (non-hydrogen) atoms. The maximum Gasteiger partial charge on any atom is 0.257 e. The quantitative estimate of drug-likeness (QED) is 0.730. The first-order chi connectivity index (χ1) is 10.6. The summed E-state index contributed by atoms with van der Waals surface area (Å²) in [5.74, 6) is 1.15. The number of hydrogen-bond acceptors (Lipinski definition) is 7. The van der Waals surface area contributed by atoms with Gasteiger partial charge in [0.25, 0.3) is 5.91 Å². The summed E-state index contributed by atoms with van der Waals surface area (Å²) in [4.78, 5) is 24.4. The van der Waals surface area contributed by atoms with E-state index in [-0.39, 0.29) is 12.5 Å². The van der Waals surface area contributed by atoms with Crippen LogP contribution >= 0.6 is 0 Å². The number of aromatic amines is 1. The van der Waals surface area contributed by atoms with Crippen LogP contribution in [0.5, 0.6) is 0 Å². The van der Waals surface area contributed by atoms with E-state index >= 15 is 0 Å². The summed E-state index contributed by atoms with van der Waals surface area (Å²) >= 11 is 0. The van der Waals surface area contributed by atoms with Crippen molar-refractivity contribution in [2.45, 2.75) is 20.4 Å². The predicted octanol–water partition coefficient (Wildman–Crippen LogP) is 0.797. The third-order valence-electron chi connectivity index (χ3n) is 3.00. The van der Waals surface area contributed by atoms with E-state index in [2.05, 4.69) is 35.6 Å². The Hall–Kier alpha value is -3.10. The normalized spacial score (nSPS) is 10.6. The van der Waals surface area contributed by atoms with Gasteiger partial charge in [0.1, 0.15) is 22.8 Å². The lowest BCUT2D eigenvalue weighted by atomic mass is 10.2. The van der Waals surface area contributed by atoms with Crippen molar-refractivity contribution < 1.29 is 9.32 Å². The summed E-state index contributed by atoms with van der Waals surface area (Å²) in [6.45, 7) is 3.61. The topological polar surface area (TPSA) is 122 Å². The summed E-state index contributed by atoms with van der Waals surface area (Å²) in [6, 6.07) is 0. The molecule has 1 amide bonds. The van der Waals surface area contributed by atoms with Gasteiger partial charge < -0.3 is 9.84 Å². The molecule has 3 aromatic rings. The van der Waals surface area contributed by atoms with Gasteiger partial charge in [0, 0.05) is 12.4 Å². The standard InChI is InChI=1S/C13H13N7O2/c1-7-11(8(2)22-20-7)13(21)16-6-10-17-12(19-18-10)9-5-14-3-4-15-9/h3-5H,6H2,1-2H3,(H,16,21)(H,17,18,19). The van der Waals surface area contributed by atoms with Crippen LogP contribution < -0.4 is 5.32 Å². The zero-order valence-electron chi connectivity index (χ0n) is 12.0. The van der Waals surface area contributed by atoms with Crippen LogP contribution in [0, 0.1) is 13.8 Å². The van der Waals surface area contributed by atoms with E-state index in [1.807, 2.05) is 0 Å². The third kappa shape index (κ3) is 2.68. The Morgan fingerprint density at radius 1 is 1.36 bits per heavy atom. The van der Waals surface area contributed by atoms with Crippen LogP contribution in [0.2, 0.25) is 0 Å². The van der Waals surface area contributed by atoms with Gasteiger partial charge >= 0.3 is 0 Å². The van der Waals surface area contributed by atoms with Gasteiger partial charge in [-0.15, -0.1) is 0 Å². The van der Waals surface area contributed by atoms with Crippen LogP contribution in [0.25, 0.3) is 11.5 Å². The Labute approximate surface area is 125 Å². The average Bonchev–Trinajstić information content (AvgIpc) is 3.13. The molecule has 0 saturated carbocycles. The minimum absolute atomic E-state index is 0.205. The fourth-order valence-corrected chi connectivity index (χ4v) is 1.96. The number of H-pyrrole nitrogens is 1. The van der Waals surface area contributed by atoms with E-state index in [1.165, 1.54) is 0 Å². The van der Waals surface area contributed by atoms with Crippen LogP contribution in [-0.4, -0.2) is 36.2 Å². The summed E-state index contributed by atoms with van der Waals surface area (Å²) < 4.78 is 4.97. The maximum absolute atomic E-state index is 12.1. The molecule has 112 valence electrons. The van der Waals surface area contributed by atoms with Crippen molar-refractivity contribution in [3.05, 3.63) is 41.4 Å². The van der Waals surface area contributed by atoms with Crippen molar-refractivity contribution in [2.24, 2.45) is 0 Å².